The monoisotopic (exact) mass is 393 g/mol. The number of anilines is 2. The molecule has 0 fully saturated rings. The molecule has 6 nitrogen and oxygen atoms in total. The Morgan fingerprint density at radius 2 is 1.81 bits per heavy atom. The summed E-state index contributed by atoms with van der Waals surface area (Å²) in [6.07, 6.45) is 0. The van der Waals surface area contributed by atoms with Crippen LogP contribution < -0.4 is 15.3 Å². The number of aromatic carboxylic acids is 1. The Balaban J connectivity index is 1.93. The lowest BCUT2D eigenvalue weighted by Crippen LogP contribution is -2.32. The summed E-state index contributed by atoms with van der Waals surface area (Å²) in [6, 6.07) is 8.80. The molecule has 0 aliphatic carbocycles. The molecular formula is C17H8Cl2FN2O4-. The quantitative estimate of drug-likeness (QED) is 0.804. The molecule has 0 aromatic heterocycles. The van der Waals surface area contributed by atoms with Gasteiger partial charge < -0.3 is 15.2 Å². The second-order valence-electron chi connectivity index (χ2n) is 5.23. The maximum Gasteiger partial charge on any atom is 0.283 e. The number of carboxylic acids is 1. The van der Waals surface area contributed by atoms with Crippen molar-refractivity contribution < 1.29 is 23.9 Å². The van der Waals surface area contributed by atoms with E-state index in [1.807, 2.05) is 0 Å². The minimum Gasteiger partial charge on any atom is -0.545 e. The van der Waals surface area contributed by atoms with Crippen LogP contribution in [0.4, 0.5) is 15.8 Å². The van der Waals surface area contributed by atoms with Crippen LogP contribution in [-0.2, 0) is 9.59 Å². The van der Waals surface area contributed by atoms with Gasteiger partial charge in [0.2, 0.25) is 0 Å². The highest BCUT2D eigenvalue weighted by Crippen LogP contribution is 2.32. The number of carbonyl (C=O) groups is 3. The molecule has 1 N–H and O–H groups in total. The molecule has 2 aromatic carbocycles. The van der Waals surface area contributed by atoms with Gasteiger partial charge in [-0.05, 0) is 35.9 Å². The second-order valence-corrected chi connectivity index (χ2v) is 6.01. The maximum absolute atomic E-state index is 13.3. The molecule has 0 saturated heterocycles. The van der Waals surface area contributed by atoms with Gasteiger partial charge in [0.1, 0.15) is 16.5 Å². The van der Waals surface area contributed by atoms with E-state index in [0.717, 1.165) is 17.0 Å². The van der Waals surface area contributed by atoms with Crippen LogP contribution in [-0.4, -0.2) is 17.8 Å². The topological polar surface area (TPSA) is 89.5 Å². The van der Waals surface area contributed by atoms with Crippen LogP contribution in [0.1, 0.15) is 10.4 Å². The molecule has 0 bridgehead atoms. The van der Waals surface area contributed by atoms with E-state index < -0.39 is 28.6 Å². The number of benzene rings is 2. The zero-order chi connectivity index (χ0) is 19.0. The van der Waals surface area contributed by atoms with E-state index in [4.69, 9.17) is 23.2 Å². The van der Waals surface area contributed by atoms with Crippen molar-refractivity contribution in [1.82, 2.24) is 0 Å². The molecule has 1 aliphatic heterocycles. The number of amides is 2. The second kappa shape index (κ2) is 6.78. The number of imide groups is 1. The predicted octanol–water partition coefficient (Wildman–Crippen LogP) is 2.28. The molecule has 1 aliphatic rings. The summed E-state index contributed by atoms with van der Waals surface area (Å²) in [5, 5.41) is 12.9. The van der Waals surface area contributed by atoms with Crippen LogP contribution in [0.25, 0.3) is 0 Å². The van der Waals surface area contributed by atoms with Gasteiger partial charge in [-0.15, -0.1) is 0 Å². The summed E-state index contributed by atoms with van der Waals surface area (Å²) in [4.78, 5) is 36.6. The number of nitrogens with one attached hydrogen (secondary N) is 1. The summed E-state index contributed by atoms with van der Waals surface area (Å²) in [7, 11) is 0. The third-order valence-electron chi connectivity index (χ3n) is 3.56. The summed E-state index contributed by atoms with van der Waals surface area (Å²) < 4.78 is 13.3. The first kappa shape index (κ1) is 17.9. The van der Waals surface area contributed by atoms with Crippen molar-refractivity contribution in [3.05, 3.63) is 69.6 Å². The van der Waals surface area contributed by atoms with Gasteiger partial charge in [0, 0.05) is 5.69 Å². The Kier molecular flexibility index (Phi) is 4.67. The molecule has 9 heteroatoms. The van der Waals surface area contributed by atoms with Crippen LogP contribution in [0.5, 0.6) is 0 Å². The van der Waals surface area contributed by atoms with Crippen LogP contribution in [0.2, 0.25) is 5.02 Å². The smallest absolute Gasteiger partial charge is 0.283 e. The van der Waals surface area contributed by atoms with Gasteiger partial charge in [0.05, 0.1) is 16.7 Å². The molecule has 0 spiro atoms. The first-order valence-electron chi connectivity index (χ1n) is 7.11. The number of rotatable bonds is 4. The maximum atomic E-state index is 13.3. The molecule has 0 saturated carbocycles. The van der Waals surface area contributed by atoms with E-state index in [1.165, 1.54) is 30.3 Å². The Hall–Kier alpha value is -2.90. The molecule has 2 amide bonds. The van der Waals surface area contributed by atoms with Gasteiger partial charge in [0.15, 0.2) is 0 Å². The van der Waals surface area contributed by atoms with Crippen LogP contribution in [0.15, 0.2) is 53.2 Å². The average Bonchev–Trinajstić information content (AvgIpc) is 2.81. The Morgan fingerprint density at radius 1 is 1.08 bits per heavy atom. The predicted molar refractivity (Wildman–Crippen MR) is 91.2 cm³/mol. The molecule has 1 heterocycles. The molecular weight excluding hydrogens is 386 g/mol. The lowest BCUT2D eigenvalue weighted by Gasteiger charge is -2.15. The Morgan fingerprint density at radius 3 is 2.46 bits per heavy atom. The summed E-state index contributed by atoms with van der Waals surface area (Å²) in [5.74, 6) is -3.71. The molecule has 2 aromatic rings. The highest BCUT2D eigenvalue weighted by molar-refractivity contribution is 6.53. The minimum atomic E-state index is -1.40. The fraction of sp³-hybridized carbons (Fsp3) is 0. The van der Waals surface area contributed by atoms with Crippen LogP contribution >= 0.6 is 23.2 Å². The zero-order valence-electron chi connectivity index (χ0n) is 12.8. The van der Waals surface area contributed by atoms with Crippen molar-refractivity contribution in [3.63, 3.8) is 0 Å². The van der Waals surface area contributed by atoms with Gasteiger partial charge >= 0.3 is 0 Å². The SMILES string of the molecule is O=C([O-])c1cccc(NC2=C(Cl)C(=O)N(c3ccc(F)c(Cl)c3)C2=O)c1. The first-order valence-corrected chi connectivity index (χ1v) is 7.87. The van der Waals surface area contributed by atoms with Crippen molar-refractivity contribution in [2.45, 2.75) is 0 Å². The van der Waals surface area contributed by atoms with E-state index in [9.17, 15) is 23.9 Å². The minimum absolute atomic E-state index is 0.0461. The molecule has 26 heavy (non-hydrogen) atoms. The van der Waals surface area contributed by atoms with E-state index >= 15 is 0 Å². The van der Waals surface area contributed by atoms with Crippen molar-refractivity contribution in [2.24, 2.45) is 0 Å². The van der Waals surface area contributed by atoms with E-state index in [2.05, 4.69) is 5.32 Å². The third-order valence-corrected chi connectivity index (χ3v) is 4.20. The number of hydrogen-bond donors (Lipinski definition) is 1. The molecule has 0 atom stereocenters. The van der Waals surface area contributed by atoms with Crippen molar-refractivity contribution in [1.29, 1.82) is 0 Å². The zero-order valence-corrected chi connectivity index (χ0v) is 14.3. The van der Waals surface area contributed by atoms with Crippen molar-refractivity contribution in [2.75, 3.05) is 10.2 Å². The normalized spacial score (nSPS) is 14.2. The van der Waals surface area contributed by atoms with Crippen LogP contribution in [0.3, 0.4) is 0 Å². The molecule has 132 valence electrons. The Labute approximate surface area is 156 Å². The fourth-order valence-corrected chi connectivity index (χ4v) is 2.73. The lowest BCUT2D eigenvalue weighted by atomic mass is 10.2. The number of halogens is 3. The summed E-state index contributed by atoms with van der Waals surface area (Å²) in [6.45, 7) is 0. The fourth-order valence-electron chi connectivity index (χ4n) is 2.34. The summed E-state index contributed by atoms with van der Waals surface area (Å²) in [5.41, 5.74) is -0.0943. The number of carboxylic acid groups (broad SMARTS) is 1. The third kappa shape index (κ3) is 3.14. The van der Waals surface area contributed by atoms with Gasteiger partial charge in [-0.25, -0.2) is 9.29 Å². The van der Waals surface area contributed by atoms with E-state index in [0.29, 0.717) is 0 Å². The van der Waals surface area contributed by atoms with Gasteiger partial charge in [-0.2, -0.15) is 0 Å². The van der Waals surface area contributed by atoms with E-state index in [1.54, 1.807) is 0 Å². The Bertz CT molecular complexity index is 990. The largest absolute Gasteiger partial charge is 0.545 e. The lowest BCUT2D eigenvalue weighted by molar-refractivity contribution is -0.255. The number of hydrogen-bond acceptors (Lipinski definition) is 5. The van der Waals surface area contributed by atoms with Gasteiger partial charge in [-0.1, -0.05) is 35.3 Å². The van der Waals surface area contributed by atoms with Gasteiger partial charge in [-0.3, -0.25) is 9.59 Å². The molecule has 3 rings (SSSR count). The standard InChI is InChI=1S/C17H9Cl2FN2O4/c18-11-7-10(4-5-12(11)20)22-15(23)13(19)14(16(22)24)21-9-3-1-2-8(6-9)17(25)26/h1-7,21H,(H,25,26)/p-1. The number of carbonyl (C=O) groups excluding carboxylic acids is 3. The molecule has 0 unspecified atom stereocenters. The highest BCUT2D eigenvalue weighted by atomic mass is 35.5. The molecule has 0 radical (unpaired) electrons. The van der Waals surface area contributed by atoms with Crippen molar-refractivity contribution in [3.8, 4) is 0 Å². The van der Waals surface area contributed by atoms with E-state index in [-0.39, 0.29) is 27.7 Å². The first-order chi connectivity index (χ1) is 12.3. The van der Waals surface area contributed by atoms with Gasteiger partial charge in [0.25, 0.3) is 11.8 Å². The summed E-state index contributed by atoms with van der Waals surface area (Å²) >= 11 is 11.7. The highest BCUT2D eigenvalue weighted by Gasteiger charge is 2.39. The van der Waals surface area contributed by atoms with Crippen molar-refractivity contribution >= 4 is 52.4 Å². The average molecular weight is 394 g/mol. The number of nitrogens with zero attached hydrogens (tertiary/aromatic N) is 1. The van der Waals surface area contributed by atoms with Crippen LogP contribution in [0, 0.1) is 5.82 Å².